The summed E-state index contributed by atoms with van der Waals surface area (Å²) >= 11 is 1.57. The van der Waals surface area contributed by atoms with Gasteiger partial charge >= 0.3 is 0 Å². The number of para-hydroxylation sites is 1. The van der Waals surface area contributed by atoms with Gasteiger partial charge < -0.3 is 4.90 Å². The predicted octanol–water partition coefficient (Wildman–Crippen LogP) is 3.36. The summed E-state index contributed by atoms with van der Waals surface area (Å²) < 4.78 is 5.63. The lowest BCUT2D eigenvalue weighted by molar-refractivity contribution is 0.839. The quantitative estimate of drug-likeness (QED) is 0.363. The second kappa shape index (κ2) is 8.28. The highest BCUT2D eigenvalue weighted by atomic mass is 32.2. The van der Waals surface area contributed by atoms with Crippen LogP contribution in [0.5, 0.6) is 0 Å². The van der Waals surface area contributed by atoms with Crippen LogP contribution in [0, 0.1) is 6.92 Å². The fourth-order valence-electron chi connectivity index (χ4n) is 4.51. The van der Waals surface area contributed by atoms with Crippen LogP contribution < -0.4 is 10.5 Å². The minimum atomic E-state index is -0.0796. The van der Waals surface area contributed by atoms with Gasteiger partial charge in [0.05, 0.1) is 22.3 Å². The first-order valence-electron chi connectivity index (χ1n) is 11.3. The maximum atomic E-state index is 12.7. The van der Waals surface area contributed by atoms with E-state index in [0.29, 0.717) is 16.9 Å². The molecule has 0 radical (unpaired) electrons. The summed E-state index contributed by atoms with van der Waals surface area (Å²) in [4.78, 5) is 15.0. The minimum Gasteiger partial charge on any atom is -0.341 e. The Morgan fingerprint density at radius 3 is 2.50 bits per heavy atom. The second-order valence-corrected chi connectivity index (χ2v) is 9.51. The molecular weight excluding hydrogens is 448 g/mol. The van der Waals surface area contributed by atoms with Crippen molar-refractivity contribution in [3.63, 3.8) is 0 Å². The second-order valence-electron chi connectivity index (χ2n) is 8.57. The van der Waals surface area contributed by atoms with Crippen LogP contribution in [0.25, 0.3) is 22.4 Å². The first kappa shape index (κ1) is 20.9. The van der Waals surface area contributed by atoms with Crippen molar-refractivity contribution in [2.75, 3.05) is 18.0 Å². The number of fused-ring (bicyclic) bond motifs is 3. The fraction of sp³-hybridized carbons (Fsp3) is 0.292. The average Bonchev–Trinajstić information content (AvgIpc) is 3.61. The minimum absolute atomic E-state index is 0.0796. The Morgan fingerprint density at radius 2 is 1.71 bits per heavy atom. The third kappa shape index (κ3) is 3.37. The molecule has 1 saturated heterocycles. The molecule has 0 spiro atoms. The van der Waals surface area contributed by atoms with Gasteiger partial charge in [0.15, 0.2) is 5.16 Å². The van der Waals surface area contributed by atoms with Gasteiger partial charge in [-0.05, 0) is 44.0 Å². The van der Waals surface area contributed by atoms with Crippen LogP contribution in [0.2, 0.25) is 0 Å². The van der Waals surface area contributed by atoms with Crippen LogP contribution in [0.15, 0.2) is 58.5 Å². The van der Waals surface area contributed by atoms with Crippen LogP contribution in [-0.2, 0) is 12.8 Å². The van der Waals surface area contributed by atoms with E-state index in [9.17, 15) is 4.79 Å². The van der Waals surface area contributed by atoms with Crippen molar-refractivity contribution in [2.45, 2.75) is 30.7 Å². The number of nitrogens with zero attached hydrogens (tertiary/aromatic N) is 8. The van der Waals surface area contributed by atoms with Gasteiger partial charge in [0, 0.05) is 20.1 Å². The van der Waals surface area contributed by atoms with E-state index in [4.69, 9.17) is 0 Å². The lowest BCUT2D eigenvalue weighted by Gasteiger charge is -2.18. The van der Waals surface area contributed by atoms with Crippen molar-refractivity contribution in [1.82, 2.24) is 33.9 Å². The zero-order valence-corrected chi connectivity index (χ0v) is 19.9. The third-order valence-corrected chi connectivity index (χ3v) is 7.25. The third-order valence-electron chi connectivity index (χ3n) is 6.32. The molecule has 0 saturated carbocycles. The van der Waals surface area contributed by atoms with Gasteiger partial charge in [-0.3, -0.25) is 18.3 Å². The monoisotopic (exact) mass is 472 g/mol. The Labute approximate surface area is 200 Å². The molecule has 0 amide bonds. The van der Waals surface area contributed by atoms with Crippen LogP contribution in [0.3, 0.4) is 0 Å². The number of thioether (sulfide) groups is 1. The van der Waals surface area contributed by atoms with Gasteiger partial charge in [-0.2, -0.15) is 0 Å². The Balaban J connectivity index is 1.41. The summed E-state index contributed by atoms with van der Waals surface area (Å²) in [5.41, 5.74) is 2.98. The molecular formula is C24H24N8OS. The SMILES string of the molecule is Cc1ccc(-n2c(SCc3nnc4n(C)c(=O)c5ccccc5n34)nnc2N2CCCC2)cc1. The number of benzene rings is 2. The van der Waals surface area contributed by atoms with E-state index in [1.165, 1.54) is 18.4 Å². The van der Waals surface area contributed by atoms with Crippen molar-refractivity contribution in [3.05, 3.63) is 70.3 Å². The van der Waals surface area contributed by atoms with E-state index in [2.05, 4.69) is 61.1 Å². The summed E-state index contributed by atoms with van der Waals surface area (Å²) in [6.45, 7) is 4.06. The van der Waals surface area contributed by atoms with Crippen LogP contribution in [0.1, 0.15) is 24.2 Å². The molecule has 34 heavy (non-hydrogen) atoms. The molecule has 1 fully saturated rings. The van der Waals surface area contributed by atoms with E-state index in [1.54, 1.807) is 23.4 Å². The number of hydrogen-bond donors (Lipinski definition) is 0. The van der Waals surface area contributed by atoms with Crippen LogP contribution in [-0.4, -0.2) is 47.0 Å². The van der Waals surface area contributed by atoms with Gasteiger partial charge in [-0.15, -0.1) is 20.4 Å². The molecule has 2 aromatic carbocycles. The highest BCUT2D eigenvalue weighted by molar-refractivity contribution is 7.98. The number of aryl methyl sites for hydroxylation is 2. The highest BCUT2D eigenvalue weighted by Gasteiger charge is 2.23. The lowest BCUT2D eigenvalue weighted by atomic mass is 10.2. The number of rotatable bonds is 5. The van der Waals surface area contributed by atoms with Gasteiger partial charge in [0.25, 0.3) is 5.56 Å². The van der Waals surface area contributed by atoms with E-state index in [-0.39, 0.29) is 5.56 Å². The molecule has 1 aliphatic rings. The number of anilines is 1. The zero-order chi connectivity index (χ0) is 23.2. The number of hydrogen-bond acceptors (Lipinski definition) is 7. The van der Waals surface area contributed by atoms with E-state index in [0.717, 1.165) is 41.2 Å². The Bertz CT molecular complexity index is 1560. The normalized spacial score (nSPS) is 14.0. The van der Waals surface area contributed by atoms with Crippen molar-refractivity contribution in [1.29, 1.82) is 0 Å². The molecule has 0 unspecified atom stereocenters. The largest absolute Gasteiger partial charge is 0.341 e. The van der Waals surface area contributed by atoms with E-state index < -0.39 is 0 Å². The van der Waals surface area contributed by atoms with E-state index in [1.807, 2.05) is 28.7 Å². The first-order chi connectivity index (χ1) is 16.6. The standard InChI is InChI=1S/C24H24N8OS/c1-16-9-11-17(12-10-16)31-23(30-13-5-6-14-30)27-28-24(31)34-15-20-25-26-22-29(2)21(33)18-7-3-4-8-19(18)32(20)22/h3-4,7-12H,5-6,13-15H2,1-2H3. The molecule has 9 nitrogen and oxygen atoms in total. The molecule has 5 aromatic rings. The summed E-state index contributed by atoms with van der Waals surface area (Å²) in [7, 11) is 1.73. The van der Waals surface area contributed by atoms with Gasteiger partial charge in [-0.25, -0.2) is 0 Å². The highest BCUT2D eigenvalue weighted by Crippen LogP contribution is 2.30. The summed E-state index contributed by atoms with van der Waals surface area (Å²) in [5, 5.41) is 19.3. The molecule has 0 aliphatic carbocycles. The fourth-order valence-corrected chi connectivity index (χ4v) is 5.37. The summed E-state index contributed by atoms with van der Waals surface area (Å²) in [5.74, 6) is 2.70. The molecule has 10 heteroatoms. The number of aromatic nitrogens is 7. The maximum Gasteiger partial charge on any atom is 0.262 e. The average molecular weight is 473 g/mol. The molecule has 1 aliphatic heterocycles. The van der Waals surface area contributed by atoms with Gasteiger partial charge in [-0.1, -0.05) is 41.6 Å². The first-order valence-corrected chi connectivity index (χ1v) is 12.3. The molecule has 0 atom stereocenters. The van der Waals surface area contributed by atoms with E-state index >= 15 is 0 Å². The molecule has 172 valence electrons. The summed E-state index contributed by atoms with van der Waals surface area (Å²) in [6.07, 6.45) is 2.33. The molecule has 4 heterocycles. The Morgan fingerprint density at radius 1 is 0.941 bits per heavy atom. The van der Waals surface area contributed by atoms with Crippen molar-refractivity contribution < 1.29 is 0 Å². The van der Waals surface area contributed by atoms with Gasteiger partial charge in [0.2, 0.25) is 11.7 Å². The Kier molecular flexibility index (Phi) is 5.09. The van der Waals surface area contributed by atoms with Gasteiger partial charge in [0.1, 0.15) is 5.82 Å². The van der Waals surface area contributed by atoms with Crippen molar-refractivity contribution in [3.8, 4) is 5.69 Å². The van der Waals surface area contributed by atoms with Crippen molar-refractivity contribution in [2.24, 2.45) is 7.05 Å². The zero-order valence-electron chi connectivity index (χ0n) is 19.0. The maximum absolute atomic E-state index is 12.7. The molecule has 0 bridgehead atoms. The summed E-state index contributed by atoms with van der Waals surface area (Å²) in [6, 6.07) is 16.0. The van der Waals surface area contributed by atoms with Crippen LogP contribution in [0.4, 0.5) is 5.95 Å². The van der Waals surface area contributed by atoms with Crippen molar-refractivity contribution >= 4 is 34.4 Å². The molecule has 6 rings (SSSR count). The van der Waals surface area contributed by atoms with Crippen LogP contribution >= 0.6 is 11.8 Å². The molecule has 0 N–H and O–H groups in total. The predicted molar refractivity (Wildman–Crippen MR) is 133 cm³/mol. The lowest BCUT2D eigenvalue weighted by Crippen LogP contribution is -2.22. The molecule has 3 aromatic heterocycles. The smallest absolute Gasteiger partial charge is 0.262 e. The Hall–Kier alpha value is -3.66. The topological polar surface area (TPSA) is 86.1 Å².